The van der Waals surface area contributed by atoms with E-state index in [1.165, 1.54) is 0 Å². The van der Waals surface area contributed by atoms with E-state index >= 15 is 0 Å². The maximum Gasteiger partial charge on any atom is 0.119 e. The van der Waals surface area contributed by atoms with Gasteiger partial charge in [0.1, 0.15) is 5.75 Å². The Morgan fingerprint density at radius 1 is 1.41 bits per heavy atom. The summed E-state index contributed by atoms with van der Waals surface area (Å²) < 4.78 is 5.13. The van der Waals surface area contributed by atoms with E-state index in [4.69, 9.17) is 10.5 Å². The van der Waals surface area contributed by atoms with Crippen LogP contribution in [0.2, 0.25) is 0 Å². The SMILES string of the molecule is COc1ccc(N2CCCC(O)(CN)C2)cc1. The van der Waals surface area contributed by atoms with E-state index < -0.39 is 5.60 Å². The summed E-state index contributed by atoms with van der Waals surface area (Å²) in [6, 6.07) is 7.90. The molecule has 1 aliphatic rings. The van der Waals surface area contributed by atoms with Gasteiger partial charge in [-0.1, -0.05) is 0 Å². The standard InChI is InChI=1S/C13H20N2O2/c1-17-12-5-3-11(4-6-12)15-8-2-7-13(16,9-14)10-15/h3-6,16H,2,7-10,14H2,1H3. The van der Waals surface area contributed by atoms with Gasteiger partial charge >= 0.3 is 0 Å². The first-order valence-electron chi connectivity index (χ1n) is 5.98. The summed E-state index contributed by atoms with van der Waals surface area (Å²) >= 11 is 0. The van der Waals surface area contributed by atoms with E-state index in [2.05, 4.69) is 4.90 Å². The van der Waals surface area contributed by atoms with Gasteiger partial charge in [-0.2, -0.15) is 0 Å². The molecule has 2 rings (SSSR count). The minimum atomic E-state index is -0.738. The Hall–Kier alpha value is -1.26. The summed E-state index contributed by atoms with van der Waals surface area (Å²) in [7, 11) is 1.66. The Bertz CT molecular complexity index is 366. The molecule has 4 heteroatoms. The third kappa shape index (κ3) is 2.70. The second-order valence-electron chi connectivity index (χ2n) is 4.65. The number of rotatable bonds is 3. The first kappa shape index (κ1) is 12.2. The lowest BCUT2D eigenvalue weighted by Gasteiger charge is -2.39. The van der Waals surface area contributed by atoms with Crippen molar-refractivity contribution in [3.8, 4) is 5.75 Å². The highest BCUT2D eigenvalue weighted by Crippen LogP contribution is 2.26. The number of nitrogens with two attached hydrogens (primary N) is 1. The third-order valence-electron chi connectivity index (χ3n) is 3.37. The second kappa shape index (κ2) is 4.94. The van der Waals surface area contributed by atoms with Gasteiger partial charge in [0.25, 0.3) is 0 Å². The minimum Gasteiger partial charge on any atom is -0.497 e. The van der Waals surface area contributed by atoms with Crippen molar-refractivity contribution in [3.63, 3.8) is 0 Å². The number of methoxy groups -OCH3 is 1. The van der Waals surface area contributed by atoms with Crippen LogP contribution in [0, 0.1) is 0 Å². The van der Waals surface area contributed by atoms with Crippen LogP contribution in [0.25, 0.3) is 0 Å². The maximum absolute atomic E-state index is 10.2. The molecule has 0 bridgehead atoms. The molecule has 1 aliphatic heterocycles. The summed E-state index contributed by atoms with van der Waals surface area (Å²) in [6.07, 6.45) is 1.76. The fourth-order valence-electron chi connectivity index (χ4n) is 2.29. The van der Waals surface area contributed by atoms with Crippen molar-refractivity contribution in [2.24, 2.45) is 5.73 Å². The smallest absolute Gasteiger partial charge is 0.119 e. The Morgan fingerprint density at radius 2 is 2.12 bits per heavy atom. The number of nitrogens with zero attached hydrogens (tertiary/aromatic N) is 1. The molecule has 1 heterocycles. The van der Waals surface area contributed by atoms with Crippen LogP contribution in [0.5, 0.6) is 5.75 Å². The molecule has 1 saturated heterocycles. The lowest BCUT2D eigenvalue weighted by atomic mass is 9.92. The molecular formula is C13H20N2O2. The molecule has 0 aliphatic carbocycles. The van der Waals surface area contributed by atoms with E-state index in [1.807, 2.05) is 24.3 Å². The van der Waals surface area contributed by atoms with Crippen LogP contribution in [0.4, 0.5) is 5.69 Å². The molecule has 0 aromatic heterocycles. The van der Waals surface area contributed by atoms with Gasteiger partial charge in [0.15, 0.2) is 0 Å². The predicted molar refractivity (Wildman–Crippen MR) is 68.4 cm³/mol. The number of aliphatic hydroxyl groups is 1. The molecule has 0 radical (unpaired) electrons. The molecule has 0 spiro atoms. The van der Waals surface area contributed by atoms with Crippen LogP contribution in [-0.2, 0) is 0 Å². The Morgan fingerprint density at radius 3 is 2.71 bits per heavy atom. The first-order chi connectivity index (χ1) is 8.17. The van der Waals surface area contributed by atoms with Crippen molar-refractivity contribution in [3.05, 3.63) is 24.3 Å². The van der Waals surface area contributed by atoms with Gasteiger partial charge in [-0.15, -0.1) is 0 Å². The fraction of sp³-hybridized carbons (Fsp3) is 0.538. The molecule has 1 unspecified atom stereocenters. The van der Waals surface area contributed by atoms with Crippen LogP contribution >= 0.6 is 0 Å². The molecular weight excluding hydrogens is 216 g/mol. The molecule has 17 heavy (non-hydrogen) atoms. The summed E-state index contributed by atoms with van der Waals surface area (Å²) in [5, 5.41) is 10.2. The quantitative estimate of drug-likeness (QED) is 0.821. The van der Waals surface area contributed by atoms with Crippen molar-refractivity contribution < 1.29 is 9.84 Å². The Labute approximate surface area is 102 Å². The van der Waals surface area contributed by atoms with E-state index in [9.17, 15) is 5.11 Å². The molecule has 1 aromatic carbocycles. The van der Waals surface area contributed by atoms with Gasteiger partial charge in [-0.3, -0.25) is 0 Å². The van der Waals surface area contributed by atoms with Gasteiger partial charge < -0.3 is 20.5 Å². The summed E-state index contributed by atoms with van der Waals surface area (Å²) in [5.41, 5.74) is 6.00. The zero-order chi connectivity index (χ0) is 12.3. The van der Waals surface area contributed by atoms with Crippen molar-refractivity contribution >= 4 is 5.69 Å². The number of hydrogen-bond donors (Lipinski definition) is 2. The Balaban J connectivity index is 2.10. The van der Waals surface area contributed by atoms with E-state index in [1.54, 1.807) is 7.11 Å². The topological polar surface area (TPSA) is 58.7 Å². The van der Waals surface area contributed by atoms with E-state index in [0.29, 0.717) is 13.1 Å². The molecule has 1 aromatic rings. The summed E-state index contributed by atoms with van der Waals surface area (Å²) in [5.74, 6) is 0.847. The number of anilines is 1. The average molecular weight is 236 g/mol. The fourth-order valence-corrected chi connectivity index (χ4v) is 2.29. The zero-order valence-corrected chi connectivity index (χ0v) is 10.2. The van der Waals surface area contributed by atoms with Crippen molar-refractivity contribution in [1.29, 1.82) is 0 Å². The molecule has 3 N–H and O–H groups in total. The van der Waals surface area contributed by atoms with Gasteiger partial charge in [0, 0.05) is 25.3 Å². The van der Waals surface area contributed by atoms with Crippen molar-refractivity contribution in [2.75, 3.05) is 31.6 Å². The number of β-amino-alcohol motifs (C(OH)–C–C–N with tert-alkyl or cyclic N) is 1. The van der Waals surface area contributed by atoms with Crippen molar-refractivity contribution in [1.82, 2.24) is 0 Å². The Kier molecular flexibility index (Phi) is 3.54. The summed E-state index contributed by atoms with van der Waals surface area (Å²) in [6.45, 7) is 1.89. The highest BCUT2D eigenvalue weighted by molar-refractivity contribution is 5.49. The highest BCUT2D eigenvalue weighted by atomic mass is 16.5. The third-order valence-corrected chi connectivity index (χ3v) is 3.37. The van der Waals surface area contributed by atoms with Crippen LogP contribution < -0.4 is 15.4 Å². The largest absolute Gasteiger partial charge is 0.497 e. The lowest BCUT2D eigenvalue weighted by Crippen LogP contribution is -2.52. The molecule has 1 fully saturated rings. The average Bonchev–Trinajstić information content (AvgIpc) is 2.39. The maximum atomic E-state index is 10.2. The lowest BCUT2D eigenvalue weighted by molar-refractivity contribution is 0.0347. The van der Waals surface area contributed by atoms with Gasteiger partial charge in [0.05, 0.1) is 12.7 Å². The monoisotopic (exact) mass is 236 g/mol. The van der Waals surface area contributed by atoms with Crippen LogP contribution in [0.1, 0.15) is 12.8 Å². The van der Waals surface area contributed by atoms with E-state index in [0.717, 1.165) is 30.8 Å². The second-order valence-corrected chi connectivity index (χ2v) is 4.65. The van der Waals surface area contributed by atoms with Crippen LogP contribution in [-0.4, -0.2) is 37.5 Å². The molecule has 0 amide bonds. The molecule has 4 nitrogen and oxygen atoms in total. The number of ether oxygens (including phenoxy) is 1. The van der Waals surface area contributed by atoms with Crippen LogP contribution in [0.3, 0.4) is 0 Å². The van der Waals surface area contributed by atoms with Crippen molar-refractivity contribution in [2.45, 2.75) is 18.4 Å². The minimum absolute atomic E-state index is 0.319. The van der Waals surface area contributed by atoms with Crippen LogP contribution in [0.15, 0.2) is 24.3 Å². The first-order valence-corrected chi connectivity index (χ1v) is 5.98. The highest BCUT2D eigenvalue weighted by Gasteiger charge is 2.31. The molecule has 0 saturated carbocycles. The predicted octanol–water partition coefficient (Wildman–Crippen LogP) is 0.985. The summed E-state index contributed by atoms with van der Waals surface area (Å²) in [4.78, 5) is 2.18. The van der Waals surface area contributed by atoms with Gasteiger partial charge in [-0.05, 0) is 37.1 Å². The number of piperidine rings is 1. The molecule has 94 valence electrons. The zero-order valence-electron chi connectivity index (χ0n) is 10.2. The van der Waals surface area contributed by atoms with E-state index in [-0.39, 0.29) is 0 Å². The number of hydrogen-bond acceptors (Lipinski definition) is 4. The number of benzene rings is 1. The van der Waals surface area contributed by atoms with Gasteiger partial charge in [-0.25, -0.2) is 0 Å². The van der Waals surface area contributed by atoms with Gasteiger partial charge in [0.2, 0.25) is 0 Å². The normalized spacial score (nSPS) is 24.8. The molecule has 1 atom stereocenters.